The van der Waals surface area contributed by atoms with Crippen molar-refractivity contribution in [3.05, 3.63) is 92.5 Å². The third-order valence-electron chi connectivity index (χ3n) is 5.93. The number of aryl methyl sites for hydroxylation is 2. The second kappa shape index (κ2) is 6.87. The van der Waals surface area contributed by atoms with Crippen molar-refractivity contribution >= 4 is 11.9 Å². The zero-order valence-corrected chi connectivity index (χ0v) is 17.6. The number of fused-ring (bicyclic) bond motifs is 1. The first-order valence-corrected chi connectivity index (χ1v) is 9.79. The van der Waals surface area contributed by atoms with Crippen LogP contribution in [0.15, 0.2) is 42.5 Å². The van der Waals surface area contributed by atoms with E-state index in [-0.39, 0.29) is 22.6 Å². The SMILES string of the molecule is Cc1cc(O)c(C)c(C2(c3cc(C)cc(O)c3C)OC(=O)c3c(C(=O)O)cccc32)c1. The lowest BCUT2D eigenvalue weighted by Crippen LogP contribution is -2.31. The van der Waals surface area contributed by atoms with Gasteiger partial charge in [0, 0.05) is 16.7 Å². The predicted molar refractivity (Wildman–Crippen MR) is 114 cm³/mol. The summed E-state index contributed by atoms with van der Waals surface area (Å²) in [5.74, 6) is -1.95. The number of esters is 1. The van der Waals surface area contributed by atoms with Crippen LogP contribution in [-0.2, 0) is 10.3 Å². The van der Waals surface area contributed by atoms with Crippen LogP contribution in [0.1, 0.15) is 59.7 Å². The number of carboxylic acid groups (broad SMARTS) is 1. The molecule has 6 heteroatoms. The van der Waals surface area contributed by atoms with Gasteiger partial charge in [0.25, 0.3) is 0 Å². The predicted octanol–water partition coefficient (Wildman–Crippen LogP) is 4.49. The number of rotatable bonds is 3. The number of aromatic carboxylic acids is 1. The van der Waals surface area contributed by atoms with Crippen molar-refractivity contribution in [1.29, 1.82) is 0 Å². The summed E-state index contributed by atoms with van der Waals surface area (Å²) in [5.41, 5.74) is 2.12. The summed E-state index contributed by atoms with van der Waals surface area (Å²) >= 11 is 0. The quantitative estimate of drug-likeness (QED) is 0.542. The van der Waals surface area contributed by atoms with E-state index in [1.807, 2.05) is 26.0 Å². The van der Waals surface area contributed by atoms with E-state index in [0.29, 0.717) is 27.8 Å². The highest BCUT2D eigenvalue weighted by molar-refractivity contribution is 6.06. The molecule has 0 amide bonds. The number of phenols is 2. The van der Waals surface area contributed by atoms with Crippen molar-refractivity contribution in [2.24, 2.45) is 0 Å². The van der Waals surface area contributed by atoms with Gasteiger partial charge in [-0.05, 0) is 68.1 Å². The normalized spacial score (nSPS) is 14.3. The summed E-state index contributed by atoms with van der Waals surface area (Å²) in [6, 6.07) is 11.4. The number of carbonyl (C=O) groups excluding carboxylic acids is 1. The molecule has 0 atom stereocenters. The number of carbonyl (C=O) groups is 2. The minimum Gasteiger partial charge on any atom is -0.508 e. The van der Waals surface area contributed by atoms with Crippen molar-refractivity contribution in [2.75, 3.05) is 0 Å². The van der Waals surface area contributed by atoms with Crippen molar-refractivity contribution in [2.45, 2.75) is 33.3 Å². The Morgan fingerprint density at radius 3 is 1.84 bits per heavy atom. The fourth-order valence-electron chi connectivity index (χ4n) is 4.44. The van der Waals surface area contributed by atoms with E-state index in [0.717, 1.165) is 11.1 Å². The van der Waals surface area contributed by atoms with E-state index in [1.54, 1.807) is 38.1 Å². The first-order valence-electron chi connectivity index (χ1n) is 9.79. The fraction of sp³-hybridized carbons (Fsp3) is 0.200. The van der Waals surface area contributed by atoms with Crippen LogP contribution >= 0.6 is 0 Å². The molecule has 0 aromatic heterocycles. The van der Waals surface area contributed by atoms with Crippen molar-refractivity contribution < 1.29 is 29.6 Å². The first-order chi connectivity index (χ1) is 14.6. The van der Waals surface area contributed by atoms with Crippen LogP contribution < -0.4 is 0 Å². The second-order valence-electron chi connectivity index (χ2n) is 8.02. The molecule has 6 nitrogen and oxygen atoms in total. The van der Waals surface area contributed by atoms with E-state index in [4.69, 9.17) is 4.74 Å². The summed E-state index contributed by atoms with van der Waals surface area (Å²) in [6.45, 7) is 7.04. The maximum Gasteiger partial charge on any atom is 0.341 e. The molecule has 0 aliphatic carbocycles. The maximum atomic E-state index is 13.1. The molecule has 4 rings (SSSR count). The smallest absolute Gasteiger partial charge is 0.341 e. The number of hydrogen-bond donors (Lipinski definition) is 3. The number of aromatic hydroxyl groups is 2. The summed E-state index contributed by atoms with van der Waals surface area (Å²) < 4.78 is 6.04. The molecule has 0 saturated carbocycles. The molecular formula is C25H22O6. The Morgan fingerprint density at radius 1 is 0.839 bits per heavy atom. The van der Waals surface area contributed by atoms with E-state index in [2.05, 4.69) is 0 Å². The number of hydrogen-bond acceptors (Lipinski definition) is 5. The van der Waals surface area contributed by atoms with Gasteiger partial charge >= 0.3 is 11.9 Å². The zero-order valence-electron chi connectivity index (χ0n) is 17.6. The molecule has 1 aliphatic rings. The van der Waals surface area contributed by atoms with E-state index in [1.165, 1.54) is 6.07 Å². The second-order valence-corrected chi connectivity index (χ2v) is 8.02. The fourth-order valence-corrected chi connectivity index (χ4v) is 4.44. The Bertz CT molecular complexity index is 1210. The van der Waals surface area contributed by atoms with Gasteiger partial charge in [0.1, 0.15) is 11.5 Å². The van der Waals surface area contributed by atoms with Gasteiger partial charge < -0.3 is 20.1 Å². The summed E-state index contributed by atoms with van der Waals surface area (Å²) in [5, 5.41) is 30.8. The van der Waals surface area contributed by atoms with Crippen LogP contribution in [0.25, 0.3) is 0 Å². The largest absolute Gasteiger partial charge is 0.508 e. The maximum absolute atomic E-state index is 13.1. The molecule has 0 saturated heterocycles. The first kappa shape index (κ1) is 20.5. The molecule has 3 aromatic carbocycles. The summed E-state index contributed by atoms with van der Waals surface area (Å²) in [6.07, 6.45) is 0. The van der Waals surface area contributed by atoms with Gasteiger partial charge in [-0.15, -0.1) is 0 Å². The Hall–Kier alpha value is -3.80. The Balaban J connectivity index is 2.23. The molecule has 0 radical (unpaired) electrons. The molecule has 0 spiro atoms. The Morgan fingerprint density at radius 2 is 1.35 bits per heavy atom. The Kier molecular flexibility index (Phi) is 4.54. The molecule has 0 unspecified atom stereocenters. The van der Waals surface area contributed by atoms with Gasteiger partial charge in [-0.2, -0.15) is 0 Å². The Labute approximate surface area is 179 Å². The topological polar surface area (TPSA) is 104 Å². The van der Waals surface area contributed by atoms with Crippen LogP contribution in [0, 0.1) is 27.7 Å². The molecule has 1 aliphatic heterocycles. The molecule has 0 fully saturated rings. The highest BCUT2D eigenvalue weighted by atomic mass is 16.6. The third kappa shape index (κ3) is 2.86. The van der Waals surface area contributed by atoms with E-state index in [9.17, 15) is 24.9 Å². The van der Waals surface area contributed by atoms with Crippen molar-refractivity contribution in [3.8, 4) is 11.5 Å². The highest BCUT2D eigenvalue weighted by Gasteiger charge is 2.52. The minimum atomic E-state index is -1.53. The van der Waals surface area contributed by atoms with Gasteiger partial charge in [0.2, 0.25) is 0 Å². The van der Waals surface area contributed by atoms with Gasteiger partial charge in [0.05, 0.1) is 11.1 Å². The standard InChI is InChI=1S/C25H22O6/c1-12-8-18(14(3)20(26)10-12)25(19-9-13(2)11-21(27)15(19)4)17-7-5-6-16(23(28)29)22(17)24(30)31-25/h5-11,26-27H,1-4H3,(H,28,29). The van der Waals surface area contributed by atoms with Crippen LogP contribution in [0.2, 0.25) is 0 Å². The molecule has 0 bridgehead atoms. The lowest BCUT2D eigenvalue weighted by molar-refractivity contribution is 0.0244. The third-order valence-corrected chi connectivity index (χ3v) is 5.93. The lowest BCUT2D eigenvalue weighted by atomic mass is 9.75. The van der Waals surface area contributed by atoms with Crippen LogP contribution in [0.5, 0.6) is 11.5 Å². The number of ether oxygens (including phenoxy) is 1. The number of phenolic OH excluding ortho intramolecular Hbond substituents is 2. The van der Waals surface area contributed by atoms with Gasteiger partial charge in [-0.3, -0.25) is 0 Å². The van der Waals surface area contributed by atoms with Crippen LogP contribution in [0.4, 0.5) is 0 Å². The molecule has 158 valence electrons. The molecule has 1 heterocycles. The zero-order chi connectivity index (χ0) is 22.7. The monoisotopic (exact) mass is 418 g/mol. The van der Waals surface area contributed by atoms with E-state index < -0.39 is 17.5 Å². The highest BCUT2D eigenvalue weighted by Crippen LogP contribution is 2.51. The van der Waals surface area contributed by atoms with Gasteiger partial charge in [-0.25, -0.2) is 9.59 Å². The lowest BCUT2D eigenvalue weighted by Gasteiger charge is -2.34. The average Bonchev–Trinajstić information content (AvgIpc) is 3.01. The van der Waals surface area contributed by atoms with Crippen molar-refractivity contribution in [3.63, 3.8) is 0 Å². The van der Waals surface area contributed by atoms with Crippen LogP contribution in [-0.4, -0.2) is 27.3 Å². The average molecular weight is 418 g/mol. The molecule has 31 heavy (non-hydrogen) atoms. The van der Waals surface area contributed by atoms with E-state index >= 15 is 0 Å². The molecule has 3 N–H and O–H groups in total. The number of cyclic esters (lactones) is 1. The molecular weight excluding hydrogens is 396 g/mol. The summed E-state index contributed by atoms with van der Waals surface area (Å²) in [4.78, 5) is 25.0. The summed E-state index contributed by atoms with van der Waals surface area (Å²) in [7, 11) is 0. The number of benzene rings is 3. The molecule has 3 aromatic rings. The van der Waals surface area contributed by atoms with Crippen molar-refractivity contribution in [1.82, 2.24) is 0 Å². The minimum absolute atomic E-state index is 0.0304. The van der Waals surface area contributed by atoms with Gasteiger partial charge in [-0.1, -0.05) is 24.3 Å². The van der Waals surface area contributed by atoms with Gasteiger partial charge in [0.15, 0.2) is 5.60 Å². The van der Waals surface area contributed by atoms with Crippen LogP contribution in [0.3, 0.4) is 0 Å². The number of carboxylic acids is 1.